The van der Waals surface area contributed by atoms with Crippen LogP contribution < -0.4 is 0 Å². The van der Waals surface area contributed by atoms with Crippen LogP contribution in [0, 0.1) is 0 Å². The van der Waals surface area contributed by atoms with Gasteiger partial charge in [-0.3, -0.25) is 4.79 Å². The van der Waals surface area contributed by atoms with Crippen LogP contribution in [-0.2, 0) is 0 Å². The molecule has 14 heavy (non-hydrogen) atoms. The Kier molecular flexibility index (Phi) is 2.25. The Morgan fingerprint density at radius 2 is 2.57 bits per heavy atom. The van der Waals surface area contributed by atoms with E-state index in [1.54, 1.807) is 4.90 Å². The van der Waals surface area contributed by atoms with Gasteiger partial charge in [-0.25, -0.2) is 4.98 Å². The second-order valence-corrected chi connectivity index (χ2v) is 3.57. The van der Waals surface area contributed by atoms with E-state index in [1.165, 1.54) is 12.7 Å². The molecule has 1 aromatic heterocycles. The summed E-state index contributed by atoms with van der Waals surface area (Å²) < 4.78 is 4.74. The van der Waals surface area contributed by atoms with Crippen LogP contribution in [0.5, 0.6) is 0 Å². The fraction of sp³-hybridized carbons (Fsp3) is 0.556. The zero-order valence-electron chi connectivity index (χ0n) is 7.88. The van der Waals surface area contributed by atoms with Crippen molar-refractivity contribution in [2.24, 2.45) is 0 Å². The van der Waals surface area contributed by atoms with Gasteiger partial charge in [-0.15, -0.1) is 0 Å². The molecule has 1 aliphatic heterocycles. The lowest BCUT2D eigenvalue weighted by molar-refractivity contribution is 0.0720. The third-order valence-corrected chi connectivity index (χ3v) is 2.46. The first kappa shape index (κ1) is 9.21. The van der Waals surface area contributed by atoms with Crippen LogP contribution in [-0.4, -0.2) is 39.6 Å². The van der Waals surface area contributed by atoms with Gasteiger partial charge in [0.25, 0.3) is 5.91 Å². The fourth-order valence-corrected chi connectivity index (χ4v) is 1.75. The summed E-state index contributed by atoms with van der Waals surface area (Å²) in [5, 5.41) is 9.38. The highest BCUT2D eigenvalue weighted by Crippen LogP contribution is 2.19. The maximum Gasteiger partial charge on any atom is 0.276 e. The summed E-state index contributed by atoms with van der Waals surface area (Å²) in [6.45, 7) is 2.29. The van der Waals surface area contributed by atoms with Crippen molar-refractivity contribution in [1.82, 2.24) is 9.88 Å². The van der Waals surface area contributed by atoms with E-state index in [0.717, 1.165) is 0 Å². The van der Waals surface area contributed by atoms with Crippen molar-refractivity contribution in [3.8, 4) is 0 Å². The van der Waals surface area contributed by atoms with E-state index in [0.29, 0.717) is 18.7 Å². The van der Waals surface area contributed by atoms with Crippen LogP contribution in [0.2, 0.25) is 0 Å². The first-order chi connectivity index (χ1) is 6.68. The zero-order valence-corrected chi connectivity index (χ0v) is 7.88. The molecule has 0 saturated carbocycles. The van der Waals surface area contributed by atoms with Crippen molar-refractivity contribution >= 4 is 5.91 Å². The van der Waals surface area contributed by atoms with E-state index in [-0.39, 0.29) is 11.9 Å². The lowest BCUT2D eigenvalue weighted by Crippen LogP contribution is -2.34. The fourth-order valence-electron chi connectivity index (χ4n) is 1.75. The third-order valence-electron chi connectivity index (χ3n) is 2.46. The molecule has 1 amide bonds. The summed E-state index contributed by atoms with van der Waals surface area (Å²) in [7, 11) is 0. The zero-order chi connectivity index (χ0) is 10.1. The van der Waals surface area contributed by atoms with Gasteiger partial charge < -0.3 is 14.4 Å². The normalized spacial score (nSPS) is 26.9. The summed E-state index contributed by atoms with van der Waals surface area (Å²) in [6.07, 6.45) is 2.76. The van der Waals surface area contributed by atoms with Crippen LogP contribution in [0.4, 0.5) is 0 Å². The molecule has 0 radical (unpaired) electrons. The van der Waals surface area contributed by atoms with Gasteiger partial charge in [-0.2, -0.15) is 0 Å². The van der Waals surface area contributed by atoms with E-state index in [1.807, 2.05) is 6.92 Å². The minimum atomic E-state index is -0.416. The number of aliphatic hydroxyl groups excluding tert-OH is 1. The number of aromatic nitrogens is 1. The Hall–Kier alpha value is -1.36. The predicted molar refractivity (Wildman–Crippen MR) is 47.6 cm³/mol. The Morgan fingerprint density at radius 1 is 1.79 bits per heavy atom. The quantitative estimate of drug-likeness (QED) is 0.700. The highest BCUT2D eigenvalue weighted by Gasteiger charge is 2.32. The minimum Gasteiger partial charge on any atom is -0.451 e. The van der Waals surface area contributed by atoms with Gasteiger partial charge in [-0.1, -0.05) is 0 Å². The number of nitrogens with zero attached hydrogens (tertiary/aromatic N) is 2. The van der Waals surface area contributed by atoms with Crippen molar-refractivity contribution in [2.45, 2.75) is 25.5 Å². The molecule has 1 fully saturated rings. The molecule has 0 spiro atoms. The summed E-state index contributed by atoms with van der Waals surface area (Å²) in [5.41, 5.74) is 0.297. The van der Waals surface area contributed by atoms with E-state index in [9.17, 15) is 9.90 Å². The van der Waals surface area contributed by atoms with Crippen LogP contribution in [0.1, 0.15) is 23.8 Å². The lowest BCUT2D eigenvalue weighted by atomic mass is 10.2. The van der Waals surface area contributed by atoms with E-state index < -0.39 is 6.10 Å². The maximum absolute atomic E-state index is 11.8. The third kappa shape index (κ3) is 1.50. The number of hydrogen-bond acceptors (Lipinski definition) is 4. The standard InChI is InChI=1S/C9H12N2O3/c1-6-2-7(12)3-11(6)9(13)8-4-14-5-10-8/h4-7,12H,2-3H2,1H3/t6-,7-/m1/s1. The second-order valence-electron chi connectivity index (χ2n) is 3.57. The molecule has 2 heterocycles. The number of likely N-dealkylation sites (tertiary alicyclic amines) is 1. The molecule has 2 rings (SSSR count). The smallest absolute Gasteiger partial charge is 0.276 e. The molecule has 0 bridgehead atoms. The monoisotopic (exact) mass is 196 g/mol. The first-order valence-corrected chi connectivity index (χ1v) is 4.55. The van der Waals surface area contributed by atoms with Gasteiger partial charge >= 0.3 is 0 Å². The van der Waals surface area contributed by atoms with E-state index >= 15 is 0 Å². The number of amides is 1. The summed E-state index contributed by atoms with van der Waals surface area (Å²) >= 11 is 0. The topological polar surface area (TPSA) is 66.6 Å². The largest absolute Gasteiger partial charge is 0.451 e. The summed E-state index contributed by atoms with van der Waals surface area (Å²) in [6, 6.07) is 0.0641. The van der Waals surface area contributed by atoms with Crippen molar-refractivity contribution in [3.05, 3.63) is 18.4 Å². The number of rotatable bonds is 1. The van der Waals surface area contributed by atoms with Gasteiger partial charge in [-0.05, 0) is 13.3 Å². The SMILES string of the molecule is C[C@@H]1C[C@@H](O)CN1C(=O)c1cocn1. The van der Waals surface area contributed by atoms with Crippen molar-refractivity contribution in [3.63, 3.8) is 0 Å². The average molecular weight is 196 g/mol. The van der Waals surface area contributed by atoms with E-state index in [2.05, 4.69) is 4.98 Å². The molecule has 1 aromatic rings. The molecule has 0 unspecified atom stereocenters. The molecule has 1 aliphatic rings. The van der Waals surface area contributed by atoms with Gasteiger partial charge in [0.05, 0.1) is 6.10 Å². The summed E-state index contributed by atoms with van der Waals surface area (Å²) in [4.78, 5) is 17.2. The molecule has 0 aliphatic carbocycles. The molecule has 5 heteroatoms. The molecular weight excluding hydrogens is 184 g/mol. The molecule has 76 valence electrons. The van der Waals surface area contributed by atoms with Crippen LogP contribution >= 0.6 is 0 Å². The minimum absolute atomic E-state index is 0.0641. The molecule has 0 aromatic carbocycles. The van der Waals surface area contributed by atoms with Crippen molar-refractivity contribution in [1.29, 1.82) is 0 Å². The van der Waals surface area contributed by atoms with Crippen LogP contribution in [0.15, 0.2) is 17.1 Å². The molecule has 2 atom stereocenters. The Morgan fingerprint density at radius 3 is 3.07 bits per heavy atom. The Bertz CT molecular complexity index is 323. The molecule has 5 nitrogen and oxygen atoms in total. The van der Waals surface area contributed by atoms with Gasteiger partial charge in [0.2, 0.25) is 0 Å². The number of carbonyl (C=O) groups excluding carboxylic acids is 1. The maximum atomic E-state index is 11.8. The molecular formula is C9H12N2O3. The predicted octanol–water partition coefficient (Wildman–Crippen LogP) is 0.270. The van der Waals surface area contributed by atoms with E-state index in [4.69, 9.17) is 4.42 Å². The Labute approximate surface area is 81.3 Å². The number of hydrogen-bond donors (Lipinski definition) is 1. The highest BCUT2D eigenvalue weighted by molar-refractivity contribution is 5.92. The lowest BCUT2D eigenvalue weighted by Gasteiger charge is -2.19. The number of oxazole rings is 1. The van der Waals surface area contributed by atoms with Gasteiger partial charge in [0.1, 0.15) is 6.26 Å². The number of β-amino-alcohol motifs (C(OH)–C–C–N with tert-alkyl or cyclic N) is 1. The van der Waals surface area contributed by atoms with Crippen molar-refractivity contribution in [2.75, 3.05) is 6.54 Å². The highest BCUT2D eigenvalue weighted by atomic mass is 16.3. The van der Waals surface area contributed by atoms with Crippen LogP contribution in [0.25, 0.3) is 0 Å². The van der Waals surface area contributed by atoms with Crippen molar-refractivity contribution < 1.29 is 14.3 Å². The summed E-state index contributed by atoms with van der Waals surface area (Å²) in [5.74, 6) is -0.178. The van der Waals surface area contributed by atoms with Gasteiger partial charge in [0.15, 0.2) is 12.1 Å². The Balaban J connectivity index is 2.13. The number of aliphatic hydroxyl groups is 1. The van der Waals surface area contributed by atoms with Gasteiger partial charge in [0, 0.05) is 12.6 Å². The average Bonchev–Trinajstić information content (AvgIpc) is 2.73. The molecule has 1 saturated heterocycles. The molecule has 1 N–H and O–H groups in total. The number of carbonyl (C=O) groups is 1. The van der Waals surface area contributed by atoms with Crippen LogP contribution in [0.3, 0.4) is 0 Å². The second kappa shape index (κ2) is 3.42. The first-order valence-electron chi connectivity index (χ1n) is 4.55.